The fraction of sp³-hybridized carbons (Fsp3) is 0.478. The number of benzene rings is 1. The van der Waals surface area contributed by atoms with E-state index in [9.17, 15) is 31.5 Å². The average Bonchev–Trinajstić information content (AvgIpc) is 3.01. The highest BCUT2D eigenvalue weighted by atomic mass is 19.4. The van der Waals surface area contributed by atoms with E-state index in [0.717, 1.165) is 32.2 Å². The third-order valence-electron chi connectivity index (χ3n) is 6.34. The maximum atomic E-state index is 14.5. The number of methoxy groups -OCH3 is 1. The Morgan fingerprint density at radius 1 is 1.26 bits per heavy atom. The van der Waals surface area contributed by atoms with E-state index in [0.29, 0.717) is 0 Å². The first-order valence-corrected chi connectivity index (χ1v) is 10.5. The standard InChI is InChI=1S/C23H24F5NO5/c1-6-33-21(31)17-11(3)29-14(9-15(17)30)20-16(10(2)22(4,34-20)23(26,27)28)12-7-8-13(24)18(25)19(12)32-5/h7-10,16,20H,6H2,1-5H3,(H,29,30)/t10-,16-,20-,22+/m0/s1. The molecule has 2 aromatic rings. The predicted molar refractivity (Wildman–Crippen MR) is 111 cm³/mol. The van der Waals surface area contributed by atoms with Crippen LogP contribution in [0.2, 0.25) is 0 Å². The van der Waals surface area contributed by atoms with Crippen molar-refractivity contribution in [3.63, 3.8) is 0 Å². The zero-order valence-electron chi connectivity index (χ0n) is 19.1. The topological polar surface area (TPSA) is 77.6 Å². The van der Waals surface area contributed by atoms with Crippen molar-refractivity contribution in [3.05, 3.63) is 62.6 Å². The van der Waals surface area contributed by atoms with E-state index in [2.05, 4.69) is 4.98 Å². The Hall–Kier alpha value is -2.95. The molecule has 0 saturated carbocycles. The number of aromatic amines is 1. The largest absolute Gasteiger partial charge is 0.493 e. The minimum absolute atomic E-state index is 0.0185. The van der Waals surface area contributed by atoms with Crippen LogP contribution in [0.4, 0.5) is 22.0 Å². The molecule has 1 fully saturated rings. The molecule has 3 rings (SSSR count). The lowest BCUT2D eigenvalue weighted by Crippen LogP contribution is -2.46. The molecule has 34 heavy (non-hydrogen) atoms. The molecular weight excluding hydrogens is 465 g/mol. The number of alkyl halides is 3. The number of ether oxygens (including phenoxy) is 3. The van der Waals surface area contributed by atoms with Gasteiger partial charge in [-0.25, -0.2) is 9.18 Å². The predicted octanol–water partition coefficient (Wildman–Crippen LogP) is 4.96. The lowest BCUT2D eigenvalue weighted by Gasteiger charge is -2.32. The molecule has 0 bridgehead atoms. The zero-order chi connectivity index (χ0) is 25.6. The van der Waals surface area contributed by atoms with Crippen molar-refractivity contribution in [2.75, 3.05) is 13.7 Å². The van der Waals surface area contributed by atoms with Gasteiger partial charge >= 0.3 is 12.1 Å². The zero-order valence-corrected chi connectivity index (χ0v) is 19.1. The van der Waals surface area contributed by atoms with Crippen molar-refractivity contribution >= 4 is 5.97 Å². The first kappa shape index (κ1) is 25.7. The average molecular weight is 489 g/mol. The number of carbonyl (C=O) groups is 1. The van der Waals surface area contributed by atoms with Gasteiger partial charge in [0.05, 0.1) is 13.7 Å². The van der Waals surface area contributed by atoms with Crippen LogP contribution in [0.25, 0.3) is 0 Å². The Kier molecular flexibility index (Phi) is 6.80. The van der Waals surface area contributed by atoms with E-state index in [1.54, 1.807) is 6.92 Å². The molecule has 0 radical (unpaired) electrons. The third kappa shape index (κ3) is 4.06. The van der Waals surface area contributed by atoms with Gasteiger partial charge in [0.2, 0.25) is 5.82 Å². The van der Waals surface area contributed by atoms with Crippen LogP contribution < -0.4 is 10.2 Å². The first-order valence-electron chi connectivity index (χ1n) is 10.5. The van der Waals surface area contributed by atoms with Crippen molar-refractivity contribution in [1.29, 1.82) is 0 Å². The normalized spacial score (nSPS) is 24.8. The molecule has 1 aromatic heterocycles. The van der Waals surface area contributed by atoms with E-state index >= 15 is 0 Å². The molecule has 11 heteroatoms. The highest BCUT2D eigenvalue weighted by molar-refractivity contribution is 5.90. The second kappa shape index (κ2) is 9.01. The van der Waals surface area contributed by atoms with Crippen LogP contribution in [0, 0.1) is 24.5 Å². The minimum atomic E-state index is -4.83. The molecule has 0 aliphatic carbocycles. The van der Waals surface area contributed by atoms with Gasteiger partial charge in [-0.05, 0) is 26.8 Å². The maximum absolute atomic E-state index is 14.5. The monoisotopic (exact) mass is 489 g/mol. The molecule has 1 aliphatic rings. The highest BCUT2D eigenvalue weighted by Crippen LogP contribution is 2.59. The molecule has 1 saturated heterocycles. The summed E-state index contributed by atoms with van der Waals surface area (Å²) in [6.07, 6.45) is -6.26. The molecule has 0 amide bonds. The molecule has 6 nitrogen and oxygen atoms in total. The van der Waals surface area contributed by atoms with E-state index in [4.69, 9.17) is 14.2 Å². The van der Waals surface area contributed by atoms with Crippen LogP contribution in [0.5, 0.6) is 5.75 Å². The summed E-state index contributed by atoms with van der Waals surface area (Å²) in [5.41, 5.74) is -3.82. The van der Waals surface area contributed by atoms with Gasteiger partial charge in [0.25, 0.3) is 0 Å². The number of pyridine rings is 1. The SMILES string of the molecule is CCOC(=O)c1c(C)[nH]c([C@@H]2O[C@@](C)(C(F)(F)F)[C@@H](C)[C@H]2c2ccc(F)c(F)c2OC)cc1=O. The van der Waals surface area contributed by atoms with Crippen molar-refractivity contribution in [2.45, 2.75) is 51.5 Å². The summed E-state index contributed by atoms with van der Waals surface area (Å²) in [5, 5.41) is 0. The summed E-state index contributed by atoms with van der Waals surface area (Å²) in [4.78, 5) is 27.6. The van der Waals surface area contributed by atoms with Crippen LogP contribution >= 0.6 is 0 Å². The van der Waals surface area contributed by atoms with Gasteiger partial charge in [0.1, 0.15) is 11.7 Å². The van der Waals surface area contributed by atoms with Crippen LogP contribution in [-0.4, -0.2) is 36.4 Å². The second-order valence-electron chi connectivity index (χ2n) is 8.25. The molecule has 1 aliphatic heterocycles. The van der Waals surface area contributed by atoms with E-state index in [1.165, 1.54) is 13.8 Å². The summed E-state index contributed by atoms with van der Waals surface area (Å²) >= 11 is 0. The number of hydrogen-bond donors (Lipinski definition) is 1. The number of rotatable bonds is 5. The van der Waals surface area contributed by atoms with Gasteiger partial charge in [0, 0.05) is 34.9 Å². The summed E-state index contributed by atoms with van der Waals surface area (Å²) in [6.45, 7) is 5.10. The summed E-state index contributed by atoms with van der Waals surface area (Å²) in [6, 6.07) is 2.88. The van der Waals surface area contributed by atoms with Crippen LogP contribution in [-0.2, 0) is 9.47 Å². The molecule has 2 heterocycles. The van der Waals surface area contributed by atoms with Crippen molar-refractivity contribution in [2.24, 2.45) is 5.92 Å². The van der Waals surface area contributed by atoms with Crippen LogP contribution in [0.15, 0.2) is 23.0 Å². The molecule has 1 N–H and O–H groups in total. The van der Waals surface area contributed by atoms with Gasteiger partial charge < -0.3 is 19.2 Å². The summed E-state index contributed by atoms with van der Waals surface area (Å²) in [7, 11) is 1.07. The smallest absolute Gasteiger partial charge is 0.417 e. The summed E-state index contributed by atoms with van der Waals surface area (Å²) < 4.78 is 85.9. The first-order chi connectivity index (χ1) is 15.8. The minimum Gasteiger partial charge on any atom is -0.493 e. The quantitative estimate of drug-likeness (QED) is 0.475. The molecule has 0 spiro atoms. The summed E-state index contributed by atoms with van der Waals surface area (Å²) in [5.74, 6) is -6.52. The second-order valence-corrected chi connectivity index (χ2v) is 8.25. The van der Waals surface area contributed by atoms with Gasteiger partial charge in [-0.1, -0.05) is 13.0 Å². The number of halogens is 5. The van der Waals surface area contributed by atoms with Crippen molar-refractivity contribution < 1.29 is 41.0 Å². The Morgan fingerprint density at radius 2 is 1.91 bits per heavy atom. The van der Waals surface area contributed by atoms with Crippen molar-refractivity contribution in [1.82, 2.24) is 4.98 Å². The number of hydrogen-bond acceptors (Lipinski definition) is 5. The van der Waals surface area contributed by atoms with Crippen LogP contribution in [0.1, 0.15) is 60.1 Å². The molecule has 186 valence electrons. The van der Waals surface area contributed by atoms with Crippen LogP contribution in [0.3, 0.4) is 0 Å². The Bertz CT molecular complexity index is 1160. The Morgan fingerprint density at radius 3 is 2.44 bits per heavy atom. The van der Waals surface area contributed by atoms with E-state index in [-0.39, 0.29) is 29.1 Å². The number of aromatic nitrogens is 1. The molecule has 0 unspecified atom stereocenters. The Balaban J connectivity index is 2.23. The lowest BCUT2D eigenvalue weighted by atomic mass is 9.76. The van der Waals surface area contributed by atoms with Gasteiger partial charge in [-0.15, -0.1) is 0 Å². The third-order valence-corrected chi connectivity index (χ3v) is 6.34. The number of carbonyl (C=O) groups excluding carboxylic acids is 1. The number of esters is 1. The number of H-pyrrole nitrogens is 1. The maximum Gasteiger partial charge on any atom is 0.417 e. The lowest BCUT2D eigenvalue weighted by molar-refractivity contribution is -0.275. The number of nitrogens with one attached hydrogen (secondary N) is 1. The van der Waals surface area contributed by atoms with Gasteiger partial charge in [0.15, 0.2) is 22.6 Å². The Labute approximate surface area is 192 Å². The molecule has 4 atom stereocenters. The van der Waals surface area contributed by atoms with Gasteiger partial charge in [-0.2, -0.15) is 17.6 Å². The fourth-order valence-electron chi connectivity index (χ4n) is 4.40. The van der Waals surface area contributed by atoms with Gasteiger partial charge in [-0.3, -0.25) is 4.79 Å². The molecule has 1 aromatic carbocycles. The van der Waals surface area contributed by atoms with E-state index in [1.807, 2.05) is 0 Å². The highest BCUT2D eigenvalue weighted by Gasteiger charge is 2.65. The molecular formula is C23H24F5NO5. The van der Waals surface area contributed by atoms with E-state index < -0.39 is 58.5 Å². The fourth-order valence-corrected chi connectivity index (χ4v) is 4.40. The number of aryl methyl sites for hydroxylation is 1. The van der Waals surface area contributed by atoms with Crippen molar-refractivity contribution in [3.8, 4) is 5.75 Å².